The number of hydrogen-bond acceptors (Lipinski definition) is 3. The molecule has 3 heteroatoms. The molecule has 0 aromatic heterocycles. The first-order valence-electron chi connectivity index (χ1n) is 8.80. The van der Waals surface area contributed by atoms with Crippen molar-refractivity contribution in [3.8, 4) is 0 Å². The van der Waals surface area contributed by atoms with Gasteiger partial charge < -0.3 is 10.5 Å². The van der Waals surface area contributed by atoms with Crippen LogP contribution in [0.4, 0.5) is 0 Å². The van der Waals surface area contributed by atoms with E-state index in [0.29, 0.717) is 6.10 Å². The zero-order valence-corrected chi connectivity index (χ0v) is 13.6. The highest BCUT2D eigenvalue weighted by Crippen LogP contribution is 2.37. The fraction of sp³-hybridized carbons (Fsp3) is 1.00. The summed E-state index contributed by atoms with van der Waals surface area (Å²) in [5.41, 5.74) is 6.48. The van der Waals surface area contributed by atoms with Crippen molar-refractivity contribution in [1.29, 1.82) is 0 Å². The van der Waals surface area contributed by atoms with Crippen LogP contribution < -0.4 is 5.73 Å². The predicted molar refractivity (Wildman–Crippen MR) is 84.9 cm³/mol. The molecule has 118 valence electrons. The molecule has 1 saturated heterocycles. The average molecular weight is 282 g/mol. The second kappa shape index (κ2) is 7.77. The second-order valence-corrected chi connectivity index (χ2v) is 6.81. The van der Waals surface area contributed by atoms with Crippen LogP contribution in [0.1, 0.15) is 65.2 Å². The molecule has 2 rings (SSSR count). The molecule has 0 amide bonds. The van der Waals surface area contributed by atoms with Crippen molar-refractivity contribution >= 4 is 0 Å². The molecular weight excluding hydrogens is 248 g/mol. The normalized spacial score (nSPS) is 35.4. The Labute approximate surface area is 125 Å². The van der Waals surface area contributed by atoms with E-state index in [0.717, 1.165) is 32.2 Å². The van der Waals surface area contributed by atoms with Gasteiger partial charge >= 0.3 is 0 Å². The van der Waals surface area contributed by atoms with Gasteiger partial charge in [0.15, 0.2) is 0 Å². The van der Waals surface area contributed by atoms with Gasteiger partial charge in [0.05, 0.1) is 6.10 Å². The van der Waals surface area contributed by atoms with Crippen LogP contribution in [0.5, 0.6) is 0 Å². The van der Waals surface area contributed by atoms with Gasteiger partial charge in [0.25, 0.3) is 0 Å². The van der Waals surface area contributed by atoms with Crippen molar-refractivity contribution in [1.82, 2.24) is 4.90 Å². The van der Waals surface area contributed by atoms with Crippen LogP contribution in [-0.2, 0) is 4.74 Å². The number of ether oxygens (including phenoxy) is 1. The lowest BCUT2D eigenvalue weighted by Crippen LogP contribution is -2.57. The molecule has 1 aliphatic carbocycles. The summed E-state index contributed by atoms with van der Waals surface area (Å²) in [5.74, 6) is 0.930. The molecule has 1 atom stereocenters. The molecule has 2 aliphatic rings. The van der Waals surface area contributed by atoms with Gasteiger partial charge in [0.1, 0.15) is 0 Å². The number of likely N-dealkylation sites (N-methyl/N-ethyl adjacent to an activating group) is 1. The molecule has 0 spiro atoms. The largest absolute Gasteiger partial charge is 0.377 e. The van der Waals surface area contributed by atoms with Gasteiger partial charge in [0.2, 0.25) is 0 Å². The highest BCUT2D eigenvalue weighted by Gasteiger charge is 2.39. The SMILES string of the molecule is CCC1CCC(CN)(N(CC)CC2CCCCO2)CC1. The van der Waals surface area contributed by atoms with E-state index in [-0.39, 0.29) is 5.54 Å². The molecule has 0 aromatic rings. The number of nitrogens with two attached hydrogens (primary N) is 1. The van der Waals surface area contributed by atoms with E-state index in [9.17, 15) is 0 Å². The summed E-state index contributed by atoms with van der Waals surface area (Å²) >= 11 is 0. The third-order valence-electron chi connectivity index (χ3n) is 5.74. The molecule has 1 heterocycles. The Morgan fingerprint density at radius 3 is 2.40 bits per heavy atom. The van der Waals surface area contributed by atoms with Gasteiger partial charge in [-0.3, -0.25) is 4.90 Å². The fourth-order valence-corrected chi connectivity index (χ4v) is 4.13. The second-order valence-electron chi connectivity index (χ2n) is 6.81. The Bertz CT molecular complexity index is 268. The van der Waals surface area contributed by atoms with Crippen LogP contribution in [0.3, 0.4) is 0 Å². The van der Waals surface area contributed by atoms with E-state index in [1.165, 1.54) is 51.4 Å². The van der Waals surface area contributed by atoms with Gasteiger partial charge in [-0.1, -0.05) is 20.3 Å². The topological polar surface area (TPSA) is 38.5 Å². The van der Waals surface area contributed by atoms with Crippen LogP contribution in [0.15, 0.2) is 0 Å². The number of rotatable bonds is 6. The van der Waals surface area contributed by atoms with Gasteiger partial charge in [-0.05, 0) is 57.4 Å². The number of hydrogen-bond donors (Lipinski definition) is 1. The van der Waals surface area contributed by atoms with Gasteiger partial charge in [-0.25, -0.2) is 0 Å². The lowest BCUT2D eigenvalue weighted by molar-refractivity contribution is -0.0409. The summed E-state index contributed by atoms with van der Waals surface area (Å²) in [5, 5.41) is 0. The van der Waals surface area contributed by atoms with E-state index in [1.54, 1.807) is 0 Å². The van der Waals surface area contributed by atoms with Crippen LogP contribution in [-0.4, -0.2) is 42.8 Å². The van der Waals surface area contributed by atoms with Gasteiger partial charge in [0, 0.05) is 25.2 Å². The van der Waals surface area contributed by atoms with E-state index < -0.39 is 0 Å². The van der Waals surface area contributed by atoms with Crippen LogP contribution in [0.2, 0.25) is 0 Å². The van der Waals surface area contributed by atoms with Crippen LogP contribution in [0.25, 0.3) is 0 Å². The van der Waals surface area contributed by atoms with Crippen LogP contribution in [0, 0.1) is 5.92 Å². The first-order valence-corrected chi connectivity index (χ1v) is 8.80. The van der Waals surface area contributed by atoms with Crippen LogP contribution >= 0.6 is 0 Å². The quantitative estimate of drug-likeness (QED) is 0.813. The fourth-order valence-electron chi connectivity index (χ4n) is 4.13. The molecule has 2 N–H and O–H groups in total. The third kappa shape index (κ3) is 3.75. The van der Waals surface area contributed by atoms with Crippen molar-refractivity contribution in [2.75, 3.05) is 26.2 Å². The third-order valence-corrected chi connectivity index (χ3v) is 5.74. The lowest BCUT2D eigenvalue weighted by Gasteiger charge is -2.48. The van der Waals surface area contributed by atoms with E-state index in [1.807, 2.05) is 0 Å². The minimum atomic E-state index is 0.251. The predicted octanol–water partition coefficient (Wildman–Crippen LogP) is 3.18. The Morgan fingerprint density at radius 1 is 1.15 bits per heavy atom. The zero-order chi connectivity index (χ0) is 14.4. The molecule has 3 nitrogen and oxygen atoms in total. The maximum atomic E-state index is 6.22. The molecule has 20 heavy (non-hydrogen) atoms. The van der Waals surface area contributed by atoms with E-state index in [2.05, 4.69) is 18.7 Å². The number of nitrogens with zero attached hydrogens (tertiary/aromatic N) is 1. The molecule has 0 aromatic carbocycles. The van der Waals surface area contributed by atoms with E-state index >= 15 is 0 Å². The van der Waals surface area contributed by atoms with Crippen molar-refractivity contribution in [3.05, 3.63) is 0 Å². The van der Waals surface area contributed by atoms with Crippen molar-refractivity contribution in [2.45, 2.75) is 76.9 Å². The molecule has 2 fully saturated rings. The van der Waals surface area contributed by atoms with Gasteiger partial charge in [-0.2, -0.15) is 0 Å². The van der Waals surface area contributed by atoms with Crippen molar-refractivity contribution in [2.24, 2.45) is 11.7 Å². The van der Waals surface area contributed by atoms with Gasteiger partial charge in [-0.15, -0.1) is 0 Å². The Hall–Kier alpha value is -0.120. The molecular formula is C17H34N2O. The monoisotopic (exact) mass is 282 g/mol. The minimum Gasteiger partial charge on any atom is -0.377 e. The Morgan fingerprint density at radius 2 is 1.90 bits per heavy atom. The summed E-state index contributed by atoms with van der Waals surface area (Å²) < 4.78 is 5.95. The maximum Gasteiger partial charge on any atom is 0.0702 e. The smallest absolute Gasteiger partial charge is 0.0702 e. The lowest BCUT2D eigenvalue weighted by atomic mass is 9.74. The zero-order valence-electron chi connectivity index (χ0n) is 13.6. The van der Waals surface area contributed by atoms with E-state index in [4.69, 9.17) is 10.5 Å². The molecule has 0 bridgehead atoms. The molecule has 1 aliphatic heterocycles. The van der Waals surface area contributed by atoms with Crippen molar-refractivity contribution in [3.63, 3.8) is 0 Å². The highest BCUT2D eigenvalue weighted by molar-refractivity contribution is 4.96. The van der Waals surface area contributed by atoms with Crippen molar-refractivity contribution < 1.29 is 4.74 Å². The first-order chi connectivity index (χ1) is 9.74. The first kappa shape index (κ1) is 16.3. The Kier molecular flexibility index (Phi) is 6.31. The minimum absolute atomic E-state index is 0.251. The summed E-state index contributed by atoms with van der Waals surface area (Å²) in [6.07, 6.45) is 10.8. The highest BCUT2D eigenvalue weighted by atomic mass is 16.5. The Balaban J connectivity index is 1.95. The molecule has 1 saturated carbocycles. The molecule has 0 radical (unpaired) electrons. The molecule has 1 unspecified atom stereocenters. The average Bonchev–Trinajstić information content (AvgIpc) is 2.53. The summed E-state index contributed by atoms with van der Waals surface area (Å²) in [6.45, 7) is 8.57. The summed E-state index contributed by atoms with van der Waals surface area (Å²) in [4.78, 5) is 2.65. The standard InChI is InChI=1S/C17H34N2O/c1-3-15-8-10-17(14-18,11-9-15)19(4-2)13-16-7-5-6-12-20-16/h15-16H,3-14,18H2,1-2H3. The summed E-state index contributed by atoms with van der Waals surface area (Å²) in [6, 6.07) is 0. The summed E-state index contributed by atoms with van der Waals surface area (Å²) in [7, 11) is 0. The maximum absolute atomic E-state index is 6.22.